The summed E-state index contributed by atoms with van der Waals surface area (Å²) in [7, 11) is 0. The van der Waals surface area contributed by atoms with E-state index in [1.54, 1.807) is 0 Å². The Labute approximate surface area is 77.4 Å². The molecule has 1 atom stereocenters. The van der Waals surface area contributed by atoms with E-state index < -0.39 is 6.23 Å². The SMILES string of the molecule is O=c1c2[nH]cnc2nc2n1C(O)CN2. The Kier molecular flexibility index (Phi) is 1.25. The van der Waals surface area contributed by atoms with E-state index in [0.29, 0.717) is 23.7 Å². The van der Waals surface area contributed by atoms with Crippen molar-refractivity contribution in [1.29, 1.82) is 0 Å². The number of hydrogen-bond acceptors (Lipinski definition) is 5. The Morgan fingerprint density at radius 3 is 3.36 bits per heavy atom. The minimum atomic E-state index is -0.849. The number of aliphatic hydroxyl groups is 1. The number of nitrogens with zero attached hydrogens (tertiary/aromatic N) is 3. The van der Waals surface area contributed by atoms with Gasteiger partial charge in [0.05, 0.1) is 12.9 Å². The van der Waals surface area contributed by atoms with Crippen molar-refractivity contribution in [1.82, 2.24) is 19.5 Å². The molecule has 1 unspecified atom stereocenters. The van der Waals surface area contributed by atoms with E-state index in [-0.39, 0.29) is 5.56 Å². The zero-order valence-electron chi connectivity index (χ0n) is 7.06. The van der Waals surface area contributed by atoms with Crippen molar-refractivity contribution in [2.45, 2.75) is 6.23 Å². The molecule has 0 amide bonds. The number of H-pyrrole nitrogens is 1. The lowest BCUT2D eigenvalue weighted by Gasteiger charge is -2.03. The van der Waals surface area contributed by atoms with Gasteiger partial charge in [-0.2, -0.15) is 4.98 Å². The number of aromatic nitrogens is 4. The van der Waals surface area contributed by atoms with Gasteiger partial charge in [0.25, 0.3) is 5.56 Å². The molecular weight excluding hydrogens is 186 g/mol. The molecule has 0 saturated heterocycles. The van der Waals surface area contributed by atoms with Gasteiger partial charge >= 0.3 is 0 Å². The van der Waals surface area contributed by atoms with E-state index in [2.05, 4.69) is 20.3 Å². The summed E-state index contributed by atoms with van der Waals surface area (Å²) in [4.78, 5) is 22.4. The molecule has 0 aliphatic carbocycles. The van der Waals surface area contributed by atoms with E-state index in [1.165, 1.54) is 10.9 Å². The van der Waals surface area contributed by atoms with Crippen molar-refractivity contribution in [3.63, 3.8) is 0 Å². The number of aliphatic hydroxyl groups excluding tert-OH is 1. The minimum absolute atomic E-state index is 0.300. The molecule has 2 aromatic rings. The molecule has 3 heterocycles. The van der Waals surface area contributed by atoms with Crippen molar-refractivity contribution in [2.75, 3.05) is 11.9 Å². The van der Waals surface area contributed by atoms with Gasteiger partial charge in [0.1, 0.15) is 0 Å². The summed E-state index contributed by atoms with van der Waals surface area (Å²) in [6.07, 6.45) is 0.555. The van der Waals surface area contributed by atoms with Gasteiger partial charge in [0.2, 0.25) is 5.95 Å². The first-order chi connectivity index (χ1) is 6.77. The van der Waals surface area contributed by atoms with Crippen LogP contribution in [-0.4, -0.2) is 31.2 Å². The van der Waals surface area contributed by atoms with Crippen LogP contribution in [0.1, 0.15) is 6.23 Å². The first-order valence-electron chi connectivity index (χ1n) is 4.15. The maximum Gasteiger partial charge on any atom is 0.283 e. The molecule has 3 N–H and O–H groups in total. The first kappa shape index (κ1) is 7.51. The van der Waals surface area contributed by atoms with Gasteiger partial charge < -0.3 is 15.4 Å². The number of imidazole rings is 1. The topological polar surface area (TPSA) is 95.8 Å². The number of nitrogens with one attached hydrogen (secondary N) is 2. The van der Waals surface area contributed by atoms with Crippen LogP contribution >= 0.6 is 0 Å². The van der Waals surface area contributed by atoms with Gasteiger partial charge in [0, 0.05) is 0 Å². The first-order valence-corrected chi connectivity index (χ1v) is 4.15. The van der Waals surface area contributed by atoms with Crippen LogP contribution in [-0.2, 0) is 0 Å². The fourth-order valence-corrected chi connectivity index (χ4v) is 1.58. The van der Waals surface area contributed by atoms with Crippen LogP contribution in [0.4, 0.5) is 5.95 Å². The minimum Gasteiger partial charge on any atom is -0.371 e. The number of β-amino-alcohol motifs (C(OH)–C–C–N with tert-alkyl or cyclic N) is 1. The Morgan fingerprint density at radius 1 is 1.64 bits per heavy atom. The summed E-state index contributed by atoms with van der Waals surface area (Å²) in [6, 6.07) is 0. The molecular formula is C7H7N5O2. The van der Waals surface area contributed by atoms with Crippen molar-refractivity contribution in [3.8, 4) is 0 Å². The van der Waals surface area contributed by atoms with Gasteiger partial charge in [-0.15, -0.1) is 0 Å². The molecule has 7 heteroatoms. The lowest BCUT2D eigenvalue weighted by molar-refractivity contribution is 0.128. The lowest BCUT2D eigenvalue weighted by atomic mass is 10.5. The molecule has 0 radical (unpaired) electrons. The molecule has 0 fully saturated rings. The third-order valence-electron chi connectivity index (χ3n) is 2.23. The van der Waals surface area contributed by atoms with Crippen LogP contribution in [0.5, 0.6) is 0 Å². The summed E-state index contributed by atoms with van der Waals surface area (Å²) >= 11 is 0. The van der Waals surface area contributed by atoms with Gasteiger partial charge in [0.15, 0.2) is 17.4 Å². The highest BCUT2D eigenvalue weighted by atomic mass is 16.3. The maximum atomic E-state index is 11.7. The van der Waals surface area contributed by atoms with Crippen molar-refractivity contribution < 1.29 is 5.11 Å². The molecule has 3 rings (SSSR count). The summed E-state index contributed by atoms with van der Waals surface area (Å²) in [5.41, 5.74) is 0.374. The molecule has 7 nitrogen and oxygen atoms in total. The predicted octanol–water partition coefficient (Wildman–Crippen LogP) is -0.964. The van der Waals surface area contributed by atoms with E-state index in [4.69, 9.17) is 0 Å². The number of hydrogen-bond donors (Lipinski definition) is 3. The quantitative estimate of drug-likeness (QED) is 0.500. The summed E-state index contributed by atoms with van der Waals surface area (Å²) in [5.74, 6) is 0.363. The third-order valence-corrected chi connectivity index (χ3v) is 2.23. The average molecular weight is 193 g/mol. The Hall–Kier alpha value is -1.89. The second-order valence-electron chi connectivity index (χ2n) is 3.07. The van der Waals surface area contributed by atoms with Gasteiger partial charge in [-0.05, 0) is 0 Å². The molecule has 1 aliphatic heterocycles. The molecule has 0 aromatic carbocycles. The van der Waals surface area contributed by atoms with Crippen molar-refractivity contribution in [3.05, 3.63) is 16.7 Å². The number of anilines is 1. The second-order valence-corrected chi connectivity index (χ2v) is 3.07. The highest BCUT2D eigenvalue weighted by Gasteiger charge is 2.23. The van der Waals surface area contributed by atoms with Gasteiger partial charge in [-0.1, -0.05) is 0 Å². The second kappa shape index (κ2) is 2.32. The highest BCUT2D eigenvalue weighted by molar-refractivity contribution is 5.70. The largest absolute Gasteiger partial charge is 0.371 e. The predicted molar refractivity (Wildman–Crippen MR) is 47.9 cm³/mol. The molecule has 1 aliphatic rings. The average Bonchev–Trinajstić information content (AvgIpc) is 2.74. The number of fused-ring (bicyclic) bond motifs is 2. The van der Waals surface area contributed by atoms with Gasteiger partial charge in [-0.3, -0.25) is 4.79 Å². The summed E-state index contributed by atoms with van der Waals surface area (Å²) < 4.78 is 1.21. The molecule has 0 bridgehead atoms. The van der Waals surface area contributed by atoms with Crippen LogP contribution < -0.4 is 10.9 Å². The Bertz CT molecular complexity index is 557. The summed E-state index contributed by atoms with van der Waals surface area (Å²) in [6.45, 7) is 0.300. The smallest absolute Gasteiger partial charge is 0.283 e. The van der Waals surface area contributed by atoms with Crippen LogP contribution in [0.15, 0.2) is 11.1 Å². The Morgan fingerprint density at radius 2 is 2.50 bits per heavy atom. The number of aromatic amines is 1. The Balaban J connectivity index is 2.48. The van der Waals surface area contributed by atoms with Crippen LogP contribution in [0.25, 0.3) is 11.2 Å². The van der Waals surface area contributed by atoms with Crippen molar-refractivity contribution >= 4 is 17.1 Å². The molecule has 0 spiro atoms. The van der Waals surface area contributed by atoms with Crippen molar-refractivity contribution in [2.24, 2.45) is 0 Å². The van der Waals surface area contributed by atoms with E-state index >= 15 is 0 Å². The van der Waals surface area contributed by atoms with Crippen LogP contribution in [0.2, 0.25) is 0 Å². The van der Waals surface area contributed by atoms with Crippen LogP contribution in [0, 0.1) is 0 Å². The number of rotatable bonds is 0. The zero-order chi connectivity index (χ0) is 9.71. The van der Waals surface area contributed by atoms with Gasteiger partial charge in [-0.25, -0.2) is 9.55 Å². The summed E-state index contributed by atoms with van der Waals surface area (Å²) in [5, 5.41) is 12.3. The molecule has 72 valence electrons. The van der Waals surface area contributed by atoms with E-state index in [0.717, 1.165) is 0 Å². The zero-order valence-corrected chi connectivity index (χ0v) is 7.06. The highest BCUT2D eigenvalue weighted by Crippen LogP contribution is 2.17. The normalized spacial score (nSPS) is 19.6. The molecule has 0 saturated carbocycles. The van der Waals surface area contributed by atoms with E-state index in [9.17, 15) is 9.90 Å². The lowest BCUT2D eigenvalue weighted by Crippen LogP contribution is -2.23. The fourth-order valence-electron chi connectivity index (χ4n) is 1.58. The standard InChI is InChI=1S/C7H7N5O2/c13-3-1-8-7-11-5-4(9-2-10-5)6(14)12(3)7/h2-3,13H,1H2,(H,8,11)(H,9,10). The van der Waals surface area contributed by atoms with E-state index in [1.807, 2.05) is 0 Å². The maximum absolute atomic E-state index is 11.7. The molecule has 2 aromatic heterocycles. The third kappa shape index (κ3) is 0.765. The van der Waals surface area contributed by atoms with Crippen LogP contribution in [0.3, 0.4) is 0 Å². The monoisotopic (exact) mass is 193 g/mol. The fraction of sp³-hybridized carbons (Fsp3) is 0.286. The molecule has 14 heavy (non-hydrogen) atoms.